The third-order valence-electron chi connectivity index (χ3n) is 3.78. The second-order valence-corrected chi connectivity index (χ2v) is 5.31. The van der Waals surface area contributed by atoms with Crippen LogP contribution in [0, 0.1) is 6.92 Å². The molecule has 2 heterocycles. The summed E-state index contributed by atoms with van der Waals surface area (Å²) in [7, 11) is 0. The Labute approximate surface area is 128 Å². The summed E-state index contributed by atoms with van der Waals surface area (Å²) in [5.74, 6) is 0.768. The predicted molar refractivity (Wildman–Crippen MR) is 89.5 cm³/mol. The standard InChI is InChI=1S/C19H15N3/c1-13-18-17(12-16(21-18)14-8-4-2-5-9-14)22-19(20-13)15-10-6-3-7-11-15/h2-12,21H,1H3. The molecule has 0 saturated heterocycles. The number of H-pyrrole nitrogens is 1. The lowest BCUT2D eigenvalue weighted by Gasteiger charge is -2.02. The van der Waals surface area contributed by atoms with Crippen LogP contribution in [0.2, 0.25) is 0 Å². The summed E-state index contributed by atoms with van der Waals surface area (Å²) < 4.78 is 0. The van der Waals surface area contributed by atoms with E-state index in [9.17, 15) is 0 Å². The molecule has 22 heavy (non-hydrogen) atoms. The molecule has 0 saturated carbocycles. The smallest absolute Gasteiger partial charge is 0.160 e. The number of nitrogens with zero attached hydrogens (tertiary/aromatic N) is 2. The molecule has 0 spiro atoms. The third-order valence-corrected chi connectivity index (χ3v) is 3.78. The van der Waals surface area contributed by atoms with E-state index in [0.29, 0.717) is 0 Å². The highest BCUT2D eigenvalue weighted by Gasteiger charge is 2.10. The van der Waals surface area contributed by atoms with Crippen molar-refractivity contribution >= 4 is 11.0 Å². The number of aromatic amines is 1. The molecule has 0 bridgehead atoms. The third kappa shape index (κ3) is 2.17. The normalized spacial score (nSPS) is 11.0. The Morgan fingerprint density at radius 1 is 0.773 bits per heavy atom. The average Bonchev–Trinajstić information content (AvgIpc) is 3.01. The molecular weight excluding hydrogens is 270 g/mol. The lowest BCUT2D eigenvalue weighted by molar-refractivity contribution is 1.15. The molecule has 0 unspecified atom stereocenters. The predicted octanol–water partition coefficient (Wildman–Crippen LogP) is 4.60. The second-order valence-electron chi connectivity index (χ2n) is 5.31. The Hall–Kier alpha value is -2.94. The highest BCUT2D eigenvalue weighted by Crippen LogP contribution is 2.26. The first-order valence-corrected chi connectivity index (χ1v) is 7.29. The number of hydrogen-bond acceptors (Lipinski definition) is 2. The maximum absolute atomic E-state index is 4.71. The van der Waals surface area contributed by atoms with E-state index < -0.39 is 0 Å². The van der Waals surface area contributed by atoms with Gasteiger partial charge >= 0.3 is 0 Å². The summed E-state index contributed by atoms with van der Waals surface area (Å²) in [6, 6.07) is 22.4. The Kier molecular flexibility index (Phi) is 2.97. The minimum atomic E-state index is 0.768. The largest absolute Gasteiger partial charge is 0.352 e. The molecule has 4 rings (SSSR count). The van der Waals surface area contributed by atoms with Gasteiger partial charge in [0.2, 0.25) is 0 Å². The topological polar surface area (TPSA) is 41.6 Å². The molecule has 106 valence electrons. The Morgan fingerprint density at radius 2 is 1.41 bits per heavy atom. The Bertz CT molecular complexity index is 925. The lowest BCUT2D eigenvalue weighted by atomic mass is 10.1. The van der Waals surface area contributed by atoms with Crippen molar-refractivity contribution in [3.05, 3.63) is 72.4 Å². The van der Waals surface area contributed by atoms with E-state index in [1.165, 1.54) is 0 Å². The minimum absolute atomic E-state index is 0.768. The monoisotopic (exact) mass is 285 g/mol. The van der Waals surface area contributed by atoms with Gasteiger partial charge in [-0.3, -0.25) is 0 Å². The van der Waals surface area contributed by atoms with Gasteiger partial charge < -0.3 is 4.98 Å². The molecule has 0 fully saturated rings. The number of fused-ring (bicyclic) bond motifs is 1. The van der Waals surface area contributed by atoms with Crippen LogP contribution in [0.5, 0.6) is 0 Å². The molecule has 3 heteroatoms. The van der Waals surface area contributed by atoms with E-state index in [1.54, 1.807) is 0 Å². The zero-order valence-electron chi connectivity index (χ0n) is 12.2. The van der Waals surface area contributed by atoms with Crippen molar-refractivity contribution in [1.82, 2.24) is 15.0 Å². The molecule has 0 radical (unpaired) electrons. The molecule has 3 nitrogen and oxygen atoms in total. The SMILES string of the molecule is Cc1nc(-c2ccccc2)nc2cc(-c3ccccc3)[nH]c12. The maximum Gasteiger partial charge on any atom is 0.160 e. The van der Waals surface area contributed by atoms with Crippen LogP contribution < -0.4 is 0 Å². The lowest BCUT2D eigenvalue weighted by Crippen LogP contribution is -1.92. The first-order valence-electron chi connectivity index (χ1n) is 7.29. The molecule has 1 N–H and O–H groups in total. The zero-order chi connectivity index (χ0) is 14.9. The summed E-state index contributed by atoms with van der Waals surface area (Å²) in [6.07, 6.45) is 0. The van der Waals surface area contributed by atoms with Gasteiger partial charge in [0.15, 0.2) is 5.82 Å². The van der Waals surface area contributed by atoms with E-state index in [1.807, 2.05) is 55.5 Å². The molecular formula is C19H15N3. The zero-order valence-corrected chi connectivity index (χ0v) is 12.2. The molecule has 0 amide bonds. The molecule has 0 aliphatic heterocycles. The van der Waals surface area contributed by atoms with Crippen LogP contribution in [0.4, 0.5) is 0 Å². The van der Waals surface area contributed by atoms with Gasteiger partial charge in [-0.05, 0) is 18.6 Å². The average molecular weight is 285 g/mol. The number of aromatic nitrogens is 3. The fraction of sp³-hybridized carbons (Fsp3) is 0.0526. The van der Waals surface area contributed by atoms with Gasteiger partial charge in [-0.2, -0.15) is 0 Å². The van der Waals surface area contributed by atoms with Crippen molar-refractivity contribution in [1.29, 1.82) is 0 Å². The quantitative estimate of drug-likeness (QED) is 0.584. The van der Waals surface area contributed by atoms with Gasteiger partial charge in [0.1, 0.15) is 0 Å². The van der Waals surface area contributed by atoms with E-state index >= 15 is 0 Å². The molecule has 2 aromatic carbocycles. The van der Waals surface area contributed by atoms with E-state index in [2.05, 4.69) is 28.2 Å². The van der Waals surface area contributed by atoms with Crippen molar-refractivity contribution in [2.75, 3.05) is 0 Å². The van der Waals surface area contributed by atoms with Crippen molar-refractivity contribution in [2.24, 2.45) is 0 Å². The Morgan fingerprint density at radius 3 is 2.09 bits per heavy atom. The van der Waals surface area contributed by atoms with Gasteiger partial charge in [-0.25, -0.2) is 9.97 Å². The van der Waals surface area contributed by atoms with Crippen LogP contribution in [0.15, 0.2) is 66.7 Å². The first kappa shape index (κ1) is 12.8. The number of benzene rings is 2. The van der Waals surface area contributed by atoms with Gasteiger partial charge in [0.05, 0.1) is 16.7 Å². The summed E-state index contributed by atoms with van der Waals surface area (Å²) in [5.41, 5.74) is 6.17. The summed E-state index contributed by atoms with van der Waals surface area (Å²) in [5, 5.41) is 0. The van der Waals surface area contributed by atoms with Crippen LogP contribution in [0.1, 0.15) is 5.69 Å². The van der Waals surface area contributed by atoms with Gasteiger partial charge in [0, 0.05) is 11.3 Å². The molecule has 0 aliphatic carbocycles. The van der Waals surface area contributed by atoms with E-state index in [4.69, 9.17) is 4.98 Å². The van der Waals surface area contributed by atoms with Gasteiger partial charge in [-0.1, -0.05) is 60.7 Å². The number of rotatable bonds is 2. The highest BCUT2D eigenvalue weighted by atomic mass is 14.9. The van der Waals surface area contributed by atoms with E-state index in [0.717, 1.165) is 39.4 Å². The summed E-state index contributed by atoms with van der Waals surface area (Å²) in [4.78, 5) is 12.8. The fourth-order valence-corrected chi connectivity index (χ4v) is 2.65. The first-order chi connectivity index (χ1) is 10.8. The van der Waals surface area contributed by atoms with Crippen LogP contribution in [-0.4, -0.2) is 15.0 Å². The van der Waals surface area contributed by atoms with Crippen LogP contribution in [0.3, 0.4) is 0 Å². The number of hydrogen-bond donors (Lipinski definition) is 1. The van der Waals surface area contributed by atoms with Gasteiger partial charge in [-0.15, -0.1) is 0 Å². The second kappa shape index (κ2) is 5.11. The van der Waals surface area contributed by atoms with Crippen LogP contribution in [0.25, 0.3) is 33.7 Å². The van der Waals surface area contributed by atoms with Crippen LogP contribution in [-0.2, 0) is 0 Å². The van der Waals surface area contributed by atoms with Crippen molar-refractivity contribution < 1.29 is 0 Å². The molecule has 0 atom stereocenters. The fourth-order valence-electron chi connectivity index (χ4n) is 2.65. The van der Waals surface area contributed by atoms with E-state index in [-0.39, 0.29) is 0 Å². The van der Waals surface area contributed by atoms with Crippen molar-refractivity contribution in [3.8, 4) is 22.6 Å². The maximum atomic E-state index is 4.71. The van der Waals surface area contributed by atoms with Crippen molar-refractivity contribution in [3.63, 3.8) is 0 Å². The molecule has 2 aromatic heterocycles. The van der Waals surface area contributed by atoms with Crippen molar-refractivity contribution in [2.45, 2.75) is 6.92 Å². The highest BCUT2D eigenvalue weighted by molar-refractivity contribution is 5.85. The minimum Gasteiger partial charge on any atom is -0.352 e. The Balaban J connectivity index is 1.88. The molecule has 0 aliphatic rings. The molecule has 4 aromatic rings. The van der Waals surface area contributed by atoms with Crippen LogP contribution >= 0.6 is 0 Å². The number of nitrogens with one attached hydrogen (secondary N) is 1. The number of aryl methyl sites for hydroxylation is 1. The van der Waals surface area contributed by atoms with Gasteiger partial charge in [0.25, 0.3) is 0 Å². The summed E-state index contributed by atoms with van der Waals surface area (Å²) in [6.45, 7) is 2.02. The summed E-state index contributed by atoms with van der Waals surface area (Å²) >= 11 is 0.